The number of carbonyl (C=O) groups excluding carboxylic acids is 1. The van der Waals surface area contributed by atoms with E-state index < -0.39 is 6.10 Å². The Labute approximate surface area is 158 Å². The molecule has 1 atom stereocenters. The predicted molar refractivity (Wildman–Crippen MR) is 107 cm³/mol. The number of rotatable bonds is 7. The summed E-state index contributed by atoms with van der Waals surface area (Å²) >= 11 is 0. The number of hydrogen-bond donors (Lipinski definition) is 1. The van der Waals surface area contributed by atoms with E-state index in [2.05, 4.69) is 10.5 Å². The average molecular weight is 362 g/mol. The standard InChI is InChI=1S/C22H22N2O3/c1-3-26-21-11-7-6-10-19(21)15-23-24-22(25)16(2)27-20-13-12-17-8-4-5-9-18(17)14-20/h4-16H,3H2,1-2H3,(H,24,25)/b23-15+. The van der Waals surface area contributed by atoms with Crippen molar-refractivity contribution >= 4 is 22.9 Å². The minimum absolute atomic E-state index is 0.326. The summed E-state index contributed by atoms with van der Waals surface area (Å²) in [5, 5.41) is 6.20. The number of hydrazone groups is 1. The molecule has 1 N–H and O–H groups in total. The van der Waals surface area contributed by atoms with Crippen molar-refractivity contribution in [3.8, 4) is 11.5 Å². The van der Waals surface area contributed by atoms with Gasteiger partial charge in [-0.2, -0.15) is 5.10 Å². The van der Waals surface area contributed by atoms with Gasteiger partial charge >= 0.3 is 0 Å². The first-order chi connectivity index (χ1) is 13.2. The molecule has 3 aromatic carbocycles. The molecule has 0 spiro atoms. The first-order valence-electron chi connectivity index (χ1n) is 8.87. The number of fused-ring (bicyclic) bond motifs is 1. The summed E-state index contributed by atoms with van der Waals surface area (Å²) < 4.78 is 11.3. The lowest BCUT2D eigenvalue weighted by Gasteiger charge is -2.13. The van der Waals surface area contributed by atoms with Gasteiger partial charge in [0.1, 0.15) is 11.5 Å². The fraction of sp³-hybridized carbons (Fsp3) is 0.182. The normalized spacial score (nSPS) is 12.1. The molecule has 27 heavy (non-hydrogen) atoms. The van der Waals surface area contributed by atoms with Crippen molar-refractivity contribution in [1.82, 2.24) is 5.43 Å². The van der Waals surface area contributed by atoms with Crippen molar-refractivity contribution in [3.63, 3.8) is 0 Å². The number of hydrogen-bond acceptors (Lipinski definition) is 4. The van der Waals surface area contributed by atoms with Gasteiger partial charge in [-0.25, -0.2) is 5.43 Å². The topological polar surface area (TPSA) is 59.9 Å². The van der Waals surface area contributed by atoms with Crippen LogP contribution >= 0.6 is 0 Å². The quantitative estimate of drug-likeness (QED) is 0.507. The van der Waals surface area contributed by atoms with Crippen LogP contribution in [0.1, 0.15) is 19.4 Å². The zero-order valence-corrected chi connectivity index (χ0v) is 15.4. The van der Waals surface area contributed by atoms with E-state index in [9.17, 15) is 4.79 Å². The molecular weight excluding hydrogens is 340 g/mol. The highest BCUT2D eigenvalue weighted by Gasteiger charge is 2.14. The van der Waals surface area contributed by atoms with Crippen LogP contribution in [0.3, 0.4) is 0 Å². The second kappa shape index (κ2) is 8.85. The molecule has 0 bridgehead atoms. The Morgan fingerprint density at radius 1 is 1.07 bits per heavy atom. The van der Waals surface area contributed by atoms with E-state index in [1.54, 1.807) is 13.1 Å². The predicted octanol–water partition coefficient (Wildman–Crippen LogP) is 4.16. The van der Waals surface area contributed by atoms with Crippen LogP contribution in [0.25, 0.3) is 10.8 Å². The van der Waals surface area contributed by atoms with Crippen LogP contribution in [-0.2, 0) is 4.79 Å². The maximum Gasteiger partial charge on any atom is 0.280 e. The van der Waals surface area contributed by atoms with Crippen molar-refractivity contribution in [2.45, 2.75) is 20.0 Å². The van der Waals surface area contributed by atoms with Gasteiger partial charge in [-0.3, -0.25) is 4.79 Å². The van der Waals surface area contributed by atoms with Crippen LogP contribution in [-0.4, -0.2) is 24.8 Å². The van der Waals surface area contributed by atoms with E-state index in [0.717, 1.165) is 22.1 Å². The Kier molecular flexibility index (Phi) is 6.05. The monoisotopic (exact) mass is 362 g/mol. The summed E-state index contributed by atoms with van der Waals surface area (Å²) in [4.78, 5) is 12.2. The van der Waals surface area contributed by atoms with Crippen molar-refractivity contribution in [2.75, 3.05) is 6.61 Å². The van der Waals surface area contributed by atoms with Gasteiger partial charge < -0.3 is 9.47 Å². The van der Waals surface area contributed by atoms with Crippen molar-refractivity contribution < 1.29 is 14.3 Å². The second-order valence-corrected chi connectivity index (χ2v) is 5.97. The molecule has 5 heteroatoms. The number of nitrogens with one attached hydrogen (secondary N) is 1. The van der Waals surface area contributed by atoms with Crippen LogP contribution in [0.4, 0.5) is 0 Å². The van der Waals surface area contributed by atoms with Crippen molar-refractivity contribution in [3.05, 3.63) is 72.3 Å². The van der Waals surface area contributed by atoms with Gasteiger partial charge in [0.05, 0.1) is 12.8 Å². The minimum atomic E-state index is -0.676. The zero-order chi connectivity index (χ0) is 19.1. The number of carbonyl (C=O) groups is 1. The van der Waals surface area contributed by atoms with Gasteiger partial charge in [0.15, 0.2) is 6.10 Å². The minimum Gasteiger partial charge on any atom is -0.493 e. The third kappa shape index (κ3) is 4.85. The summed E-state index contributed by atoms with van der Waals surface area (Å²) in [6.45, 7) is 4.17. The highest BCUT2D eigenvalue weighted by molar-refractivity contribution is 5.87. The lowest BCUT2D eigenvalue weighted by atomic mass is 10.1. The van der Waals surface area contributed by atoms with Gasteiger partial charge in [0.25, 0.3) is 5.91 Å². The van der Waals surface area contributed by atoms with Crippen LogP contribution in [0, 0.1) is 0 Å². The van der Waals surface area contributed by atoms with Gasteiger partial charge in [-0.1, -0.05) is 42.5 Å². The van der Waals surface area contributed by atoms with Crippen molar-refractivity contribution in [1.29, 1.82) is 0 Å². The molecule has 0 aliphatic carbocycles. The zero-order valence-electron chi connectivity index (χ0n) is 15.4. The molecule has 138 valence electrons. The molecule has 1 amide bonds. The Balaban J connectivity index is 1.60. The number of benzene rings is 3. The number of amides is 1. The largest absolute Gasteiger partial charge is 0.493 e. The SMILES string of the molecule is CCOc1ccccc1/C=N/NC(=O)C(C)Oc1ccc2ccccc2c1. The molecule has 0 saturated carbocycles. The molecule has 0 saturated heterocycles. The average Bonchev–Trinajstić information content (AvgIpc) is 2.69. The molecule has 0 aromatic heterocycles. The van der Waals surface area contributed by atoms with Crippen LogP contribution in [0.5, 0.6) is 11.5 Å². The van der Waals surface area contributed by atoms with Crippen LogP contribution < -0.4 is 14.9 Å². The molecule has 3 aromatic rings. The summed E-state index contributed by atoms with van der Waals surface area (Å²) in [7, 11) is 0. The fourth-order valence-electron chi connectivity index (χ4n) is 2.63. The van der Waals surface area contributed by atoms with Gasteiger partial charge in [0, 0.05) is 5.56 Å². The fourth-order valence-corrected chi connectivity index (χ4v) is 2.63. The van der Waals surface area contributed by atoms with Gasteiger partial charge in [-0.15, -0.1) is 0 Å². The molecule has 5 nitrogen and oxygen atoms in total. The highest BCUT2D eigenvalue weighted by Crippen LogP contribution is 2.21. The van der Waals surface area contributed by atoms with E-state index in [4.69, 9.17) is 9.47 Å². The summed E-state index contributed by atoms with van der Waals surface area (Å²) in [6.07, 6.45) is 0.886. The molecule has 0 radical (unpaired) electrons. The highest BCUT2D eigenvalue weighted by atomic mass is 16.5. The second-order valence-electron chi connectivity index (χ2n) is 5.97. The smallest absolute Gasteiger partial charge is 0.280 e. The van der Waals surface area contributed by atoms with Gasteiger partial charge in [-0.05, 0) is 48.9 Å². The van der Waals surface area contributed by atoms with E-state index >= 15 is 0 Å². The molecule has 0 heterocycles. The van der Waals surface area contributed by atoms with E-state index in [1.807, 2.05) is 73.7 Å². The van der Waals surface area contributed by atoms with Crippen LogP contribution in [0.15, 0.2) is 71.8 Å². The number of nitrogens with zero attached hydrogens (tertiary/aromatic N) is 1. The molecular formula is C22H22N2O3. The first-order valence-corrected chi connectivity index (χ1v) is 8.87. The number of para-hydroxylation sites is 1. The molecule has 3 rings (SSSR count). The summed E-state index contributed by atoms with van der Waals surface area (Å²) in [5.41, 5.74) is 3.30. The van der Waals surface area contributed by atoms with Crippen LogP contribution in [0.2, 0.25) is 0 Å². The summed E-state index contributed by atoms with van der Waals surface area (Å²) in [5.74, 6) is 1.04. The molecule has 0 aliphatic rings. The van der Waals surface area contributed by atoms with E-state index in [0.29, 0.717) is 12.4 Å². The maximum atomic E-state index is 12.2. The lowest BCUT2D eigenvalue weighted by molar-refractivity contribution is -0.127. The Morgan fingerprint density at radius 3 is 2.63 bits per heavy atom. The number of ether oxygens (including phenoxy) is 2. The van der Waals surface area contributed by atoms with E-state index in [-0.39, 0.29) is 5.91 Å². The Bertz CT molecular complexity index is 953. The lowest BCUT2D eigenvalue weighted by Crippen LogP contribution is -2.33. The van der Waals surface area contributed by atoms with Gasteiger partial charge in [0.2, 0.25) is 0 Å². The molecule has 0 aliphatic heterocycles. The third-order valence-corrected chi connectivity index (χ3v) is 4.00. The van der Waals surface area contributed by atoms with E-state index in [1.165, 1.54) is 0 Å². The maximum absolute atomic E-state index is 12.2. The Morgan fingerprint density at radius 2 is 1.81 bits per heavy atom. The third-order valence-electron chi connectivity index (χ3n) is 4.00. The molecule has 0 fully saturated rings. The van der Waals surface area contributed by atoms with Crippen molar-refractivity contribution in [2.24, 2.45) is 5.10 Å². The Hall–Kier alpha value is -3.34. The summed E-state index contributed by atoms with van der Waals surface area (Å²) in [6, 6.07) is 21.2. The molecule has 1 unspecified atom stereocenters. The first kappa shape index (κ1) is 18.5.